The van der Waals surface area contributed by atoms with Crippen LogP contribution in [-0.4, -0.2) is 20.6 Å². The molecule has 0 bridgehead atoms. The van der Waals surface area contributed by atoms with Crippen LogP contribution in [0.15, 0.2) is 59.0 Å². The molecule has 0 saturated carbocycles. The number of anilines is 2. The van der Waals surface area contributed by atoms with Crippen LogP contribution in [0.5, 0.6) is 0 Å². The molecular formula is C20H15ClN2O4S. The maximum atomic E-state index is 12.3. The Hall–Kier alpha value is -3.03. The van der Waals surface area contributed by atoms with Gasteiger partial charge in [0.15, 0.2) is 0 Å². The number of rotatable bonds is 4. The minimum Gasteiger partial charge on any atom is -0.457 e. The van der Waals surface area contributed by atoms with E-state index in [0.717, 1.165) is 17.4 Å². The molecule has 0 fully saturated rings. The number of carbonyl (C=O) groups is 1. The van der Waals surface area contributed by atoms with Gasteiger partial charge in [0.05, 0.1) is 11.8 Å². The van der Waals surface area contributed by atoms with E-state index < -0.39 is 10.0 Å². The van der Waals surface area contributed by atoms with Gasteiger partial charge in [0.1, 0.15) is 11.5 Å². The van der Waals surface area contributed by atoms with Gasteiger partial charge in [0.2, 0.25) is 10.0 Å². The van der Waals surface area contributed by atoms with Crippen LogP contribution in [0.3, 0.4) is 0 Å². The summed E-state index contributed by atoms with van der Waals surface area (Å²) in [5.41, 5.74) is 3.17. The normalized spacial score (nSPS) is 14.8. The summed E-state index contributed by atoms with van der Waals surface area (Å²) >= 11 is 6.04. The maximum absolute atomic E-state index is 12.3. The van der Waals surface area contributed by atoms with Gasteiger partial charge in [-0.15, -0.1) is 0 Å². The van der Waals surface area contributed by atoms with E-state index in [1.165, 1.54) is 0 Å². The Labute approximate surface area is 166 Å². The molecule has 0 saturated heterocycles. The van der Waals surface area contributed by atoms with Gasteiger partial charge >= 0.3 is 0 Å². The summed E-state index contributed by atoms with van der Waals surface area (Å²) < 4.78 is 30.8. The molecule has 6 nitrogen and oxygen atoms in total. The summed E-state index contributed by atoms with van der Waals surface area (Å²) in [7, 11) is -3.33. The molecule has 0 radical (unpaired) electrons. The van der Waals surface area contributed by atoms with E-state index in [1.807, 2.05) is 0 Å². The summed E-state index contributed by atoms with van der Waals surface area (Å²) in [6.07, 6.45) is 2.76. The first-order valence-electron chi connectivity index (χ1n) is 8.29. The molecule has 0 spiro atoms. The van der Waals surface area contributed by atoms with Crippen molar-refractivity contribution in [3.8, 4) is 11.3 Å². The lowest BCUT2D eigenvalue weighted by atomic mass is 10.1. The van der Waals surface area contributed by atoms with Gasteiger partial charge < -0.3 is 9.73 Å². The Morgan fingerprint density at radius 2 is 1.82 bits per heavy atom. The summed E-state index contributed by atoms with van der Waals surface area (Å²) in [4.78, 5) is 12.3. The predicted octanol–water partition coefficient (Wildman–Crippen LogP) is 4.46. The lowest BCUT2D eigenvalue weighted by Gasteiger charge is -2.04. The van der Waals surface area contributed by atoms with Gasteiger partial charge in [-0.25, -0.2) is 8.42 Å². The van der Waals surface area contributed by atoms with Gasteiger partial charge in [-0.05, 0) is 60.7 Å². The minimum absolute atomic E-state index is 0.216. The van der Waals surface area contributed by atoms with E-state index in [9.17, 15) is 13.2 Å². The van der Waals surface area contributed by atoms with Crippen LogP contribution in [0.25, 0.3) is 23.0 Å². The van der Waals surface area contributed by atoms with Crippen LogP contribution < -0.4 is 10.0 Å². The standard InChI is InChI=1S/C20H15ClN2O4S/c1-28(25,26)23-14-5-2-12(3-6-14)19-9-7-15(27-19)11-17-16-10-13(21)4-8-18(16)22-20(17)24/h2-11,23H,1H3,(H,22,24)/b17-11-. The molecule has 1 aliphatic heterocycles. The van der Waals surface area contributed by atoms with Crippen molar-refractivity contribution < 1.29 is 17.6 Å². The Kier molecular flexibility index (Phi) is 4.49. The van der Waals surface area contributed by atoms with E-state index >= 15 is 0 Å². The van der Waals surface area contributed by atoms with Gasteiger partial charge in [0.25, 0.3) is 5.91 Å². The third-order valence-electron chi connectivity index (χ3n) is 4.15. The van der Waals surface area contributed by atoms with Crippen molar-refractivity contribution in [2.75, 3.05) is 16.3 Å². The molecule has 28 heavy (non-hydrogen) atoms. The minimum atomic E-state index is -3.33. The topological polar surface area (TPSA) is 88.4 Å². The first-order valence-corrected chi connectivity index (χ1v) is 10.6. The molecule has 1 aromatic heterocycles. The van der Waals surface area contributed by atoms with E-state index in [2.05, 4.69) is 10.0 Å². The molecule has 1 amide bonds. The first kappa shape index (κ1) is 18.3. The molecule has 0 unspecified atom stereocenters. The SMILES string of the molecule is CS(=O)(=O)Nc1ccc(-c2ccc(/C=C3\C(=O)Nc4ccc(Cl)cc43)o2)cc1. The van der Waals surface area contributed by atoms with E-state index in [1.54, 1.807) is 60.7 Å². The Morgan fingerprint density at radius 3 is 2.54 bits per heavy atom. The van der Waals surface area contributed by atoms with Crippen molar-refractivity contribution in [3.05, 3.63) is 70.9 Å². The van der Waals surface area contributed by atoms with Crippen molar-refractivity contribution in [3.63, 3.8) is 0 Å². The quantitative estimate of drug-likeness (QED) is 0.617. The fraction of sp³-hybridized carbons (Fsp3) is 0.0500. The zero-order chi connectivity index (χ0) is 19.9. The zero-order valence-corrected chi connectivity index (χ0v) is 16.3. The van der Waals surface area contributed by atoms with Crippen LogP contribution in [0.1, 0.15) is 11.3 Å². The van der Waals surface area contributed by atoms with Gasteiger partial charge in [-0.1, -0.05) is 11.6 Å². The monoisotopic (exact) mass is 414 g/mol. The lowest BCUT2D eigenvalue weighted by molar-refractivity contribution is -0.110. The van der Waals surface area contributed by atoms with E-state index in [0.29, 0.717) is 33.5 Å². The summed E-state index contributed by atoms with van der Waals surface area (Å²) in [5, 5.41) is 3.34. The van der Waals surface area contributed by atoms with Crippen molar-refractivity contribution in [1.29, 1.82) is 0 Å². The predicted molar refractivity (Wildman–Crippen MR) is 111 cm³/mol. The average molecular weight is 415 g/mol. The van der Waals surface area contributed by atoms with Crippen molar-refractivity contribution in [2.24, 2.45) is 0 Å². The second-order valence-corrected chi connectivity index (χ2v) is 8.54. The summed E-state index contributed by atoms with van der Waals surface area (Å²) in [6, 6.07) is 15.6. The highest BCUT2D eigenvalue weighted by molar-refractivity contribution is 7.92. The Balaban J connectivity index is 1.61. The number of sulfonamides is 1. The molecule has 4 rings (SSSR count). The molecule has 8 heteroatoms. The third kappa shape index (κ3) is 3.81. The summed E-state index contributed by atoms with van der Waals surface area (Å²) in [6.45, 7) is 0. The maximum Gasteiger partial charge on any atom is 0.256 e. The number of benzene rings is 2. The second-order valence-electron chi connectivity index (χ2n) is 6.36. The van der Waals surface area contributed by atoms with Gasteiger partial charge in [-0.3, -0.25) is 9.52 Å². The number of amides is 1. The third-order valence-corrected chi connectivity index (χ3v) is 4.99. The number of hydrogen-bond donors (Lipinski definition) is 2. The largest absolute Gasteiger partial charge is 0.457 e. The highest BCUT2D eigenvalue weighted by Gasteiger charge is 2.24. The highest BCUT2D eigenvalue weighted by atomic mass is 35.5. The van der Waals surface area contributed by atoms with Crippen molar-refractivity contribution >= 4 is 50.6 Å². The zero-order valence-electron chi connectivity index (χ0n) is 14.7. The number of hydrogen-bond acceptors (Lipinski definition) is 4. The van der Waals surface area contributed by atoms with Gasteiger partial charge in [0, 0.05) is 27.5 Å². The molecule has 0 atom stereocenters. The molecule has 3 aromatic rings. The molecule has 2 heterocycles. The number of fused-ring (bicyclic) bond motifs is 1. The molecule has 2 aromatic carbocycles. The smallest absolute Gasteiger partial charge is 0.256 e. The Bertz CT molecular complexity index is 1210. The molecule has 2 N–H and O–H groups in total. The second kappa shape index (κ2) is 6.85. The molecule has 142 valence electrons. The van der Waals surface area contributed by atoms with Crippen molar-refractivity contribution in [1.82, 2.24) is 0 Å². The Morgan fingerprint density at radius 1 is 1.07 bits per heavy atom. The lowest BCUT2D eigenvalue weighted by Crippen LogP contribution is -2.09. The molecular weight excluding hydrogens is 400 g/mol. The fourth-order valence-electron chi connectivity index (χ4n) is 2.95. The number of furan rings is 1. The average Bonchev–Trinajstić information content (AvgIpc) is 3.20. The van der Waals surface area contributed by atoms with Crippen LogP contribution >= 0.6 is 11.6 Å². The van der Waals surface area contributed by atoms with Crippen LogP contribution in [0, 0.1) is 0 Å². The molecule has 0 aliphatic carbocycles. The van der Waals surface area contributed by atoms with Gasteiger partial charge in [-0.2, -0.15) is 0 Å². The van der Waals surface area contributed by atoms with Crippen LogP contribution in [0.2, 0.25) is 5.02 Å². The van der Waals surface area contributed by atoms with Crippen molar-refractivity contribution in [2.45, 2.75) is 0 Å². The molecule has 1 aliphatic rings. The first-order chi connectivity index (χ1) is 13.3. The van der Waals surface area contributed by atoms with Crippen LogP contribution in [-0.2, 0) is 14.8 Å². The van der Waals surface area contributed by atoms with Crippen LogP contribution in [0.4, 0.5) is 11.4 Å². The number of halogens is 1. The highest BCUT2D eigenvalue weighted by Crippen LogP contribution is 2.35. The number of carbonyl (C=O) groups excluding carboxylic acids is 1. The van der Waals surface area contributed by atoms with E-state index in [4.69, 9.17) is 16.0 Å². The van der Waals surface area contributed by atoms with E-state index in [-0.39, 0.29) is 5.91 Å². The summed E-state index contributed by atoms with van der Waals surface area (Å²) in [5.74, 6) is 0.903. The fourth-order valence-corrected chi connectivity index (χ4v) is 3.68. The number of nitrogens with one attached hydrogen (secondary N) is 2.